The standard InChI is InChI=1S/C12H24N4O4/c1-9(19-7-5-17-3)11-14-15-12(16(11)13)10(2)20-8-6-18-4/h9-10H,5-8,13H2,1-4H3. The fourth-order valence-electron chi connectivity index (χ4n) is 1.64. The first-order valence-corrected chi connectivity index (χ1v) is 6.53. The summed E-state index contributed by atoms with van der Waals surface area (Å²) >= 11 is 0. The molecule has 20 heavy (non-hydrogen) atoms. The monoisotopic (exact) mass is 288 g/mol. The molecule has 8 heteroatoms. The number of hydrogen-bond donors (Lipinski definition) is 1. The van der Waals surface area contributed by atoms with Crippen molar-refractivity contribution in [2.75, 3.05) is 46.5 Å². The van der Waals surface area contributed by atoms with Crippen LogP contribution in [0.4, 0.5) is 0 Å². The van der Waals surface area contributed by atoms with Gasteiger partial charge < -0.3 is 24.8 Å². The largest absolute Gasteiger partial charge is 0.382 e. The third kappa shape index (κ3) is 4.71. The van der Waals surface area contributed by atoms with Crippen molar-refractivity contribution in [3.05, 3.63) is 11.6 Å². The van der Waals surface area contributed by atoms with Crippen molar-refractivity contribution in [3.8, 4) is 0 Å². The molecule has 116 valence electrons. The van der Waals surface area contributed by atoms with Crippen LogP contribution < -0.4 is 5.84 Å². The molecule has 0 spiro atoms. The first-order valence-electron chi connectivity index (χ1n) is 6.53. The van der Waals surface area contributed by atoms with Gasteiger partial charge in [0.2, 0.25) is 0 Å². The van der Waals surface area contributed by atoms with Gasteiger partial charge in [0.05, 0.1) is 26.4 Å². The zero-order valence-corrected chi connectivity index (χ0v) is 12.5. The van der Waals surface area contributed by atoms with Crippen LogP contribution in [0.5, 0.6) is 0 Å². The molecule has 2 atom stereocenters. The number of methoxy groups -OCH3 is 2. The Hall–Kier alpha value is -1.22. The van der Waals surface area contributed by atoms with E-state index in [1.807, 2.05) is 13.8 Å². The summed E-state index contributed by atoms with van der Waals surface area (Å²) in [6.07, 6.45) is -0.523. The zero-order chi connectivity index (χ0) is 15.0. The molecule has 0 bridgehead atoms. The van der Waals surface area contributed by atoms with Crippen LogP contribution in [0, 0.1) is 0 Å². The van der Waals surface area contributed by atoms with Crippen LogP contribution in [0.2, 0.25) is 0 Å². The van der Waals surface area contributed by atoms with Gasteiger partial charge in [-0.1, -0.05) is 0 Å². The molecule has 0 saturated heterocycles. The lowest BCUT2D eigenvalue weighted by Gasteiger charge is -2.14. The van der Waals surface area contributed by atoms with Gasteiger partial charge in [0.1, 0.15) is 12.2 Å². The Kier molecular flexibility index (Phi) is 7.45. The van der Waals surface area contributed by atoms with Crippen LogP contribution in [-0.4, -0.2) is 55.5 Å². The van der Waals surface area contributed by atoms with Crippen molar-refractivity contribution in [2.45, 2.75) is 26.1 Å². The average Bonchev–Trinajstić information content (AvgIpc) is 2.81. The van der Waals surface area contributed by atoms with Crippen LogP contribution in [-0.2, 0) is 18.9 Å². The second kappa shape index (κ2) is 8.85. The molecule has 8 nitrogen and oxygen atoms in total. The lowest BCUT2D eigenvalue weighted by molar-refractivity contribution is 0.0161. The molecule has 1 rings (SSSR count). The summed E-state index contributed by atoms with van der Waals surface area (Å²) in [7, 11) is 3.24. The predicted octanol–water partition coefficient (Wildman–Crippen LogP) is 0.440. The van der Waals surface area contributed by atoms with Gasteiger partial charge in [-0.05, 0) is 13.8 Å². The van der Waals surface area contributed by atoms with E-state index >= 15 is 0 Å². The maximum Gasteiger partial charge on any atom is 0.180 e. The molecule has 0 saturated carbocycles. The molecular formula is C12H24N4O4. The van der Waals surface area contributed by atoms with Gasteiger partial charge in [0.15, 0.2) is 11.6 Å². The fraction of sp³-hybridized carbons (Fsp3) is 0.833. The highest BCUT2D eigenvalue weighted by molar-refractivity contribution is 5.01. The second-order valence-electron chi connectivity index (χ2n) is 4.30. The highest BCUT2D eigenvalue weighted by Gasteiger charge is 2.20. The van der Waals surface area contributed by atoms with Crippen molar-refractivity contribution < 1.29 is 18.9 Å². The van der Waals surface area contributed by atoms with Gasteiger partial charge in [-0.2, -0.15) is 0 Å². The van der Waals surface area contributed by atoms with E-state index in [0.717, 1.165) is 0 Å². The van der Waals surface area contributed by atoms with Crippen molar-refractivity contribution in [2.24, 2.45) is 0 Å². The third-order valence-electron chi connectivity index (χ3n) is 2.79. The molecule has 0 radical (unpaired) electrons. The number of ether oxygens (including phenoxy) is 4. The maximum absolute atomic E-state index is 5.98. The zero-order valence-electron chi connectivity index (χ0n) is 12.5. The predicted molar refractivity (Wildman–Crippen MR) is 72.7 cm³/mol. The van der Waals surface area contributed by atoms with Gasteiger partial charge in [0, 0.05) is 14.2 Å². The number of nitrogens with two attached hydrogens (primary N) is 1. The molecule has 0 aliphatic carbocycles. The Morgan fingerprint density at radius 1 is 0.900 bits per heavy atom. The quantitative estimate of drug-likeness (QED) is 0.493. The van der Waals surface area contributed by atoms with E-state index in [4.69, 9.17) is 24.8 Å². The molecule has 0 aliphatic rings. The van der Waals surface area contributed by atoms with E-state index in [1.54, 1.807) is 14.2 Å². The molecule has 0 aromatic carbocycles. The minimum Gasteiger partial charge on any atom is -0.382 e. The van der Waals surface area contributed by atoms with Gasteiger partial charge in [-0.25, -0.2) is 4.68 Å². The van der Waals surface area contributed by atoms with Gasteiger partial charge in [0.25, 0.3) is 0 Å². The highest BCUT2D eigenvalue weighted by atomic mass is 16.5. The Bertz CT molecular complexity index is 352. The van der Waals surface area contributed by atoms with Gasteiger partial charge in [-0.15, -0.1) is 10.2 Å². The molecule has 0 amide bonds. The number of hydrogen-bond acceptors (Lipinski definition) is 7. The average molecular weight is 288 g/mol. The summed E-state index contributed by atoms with van der Waals surface area (Å²) in [5.41, 5.74) is 0. The van der Waals surface area contributed by atoms with Gasteiger partial charge in [-0.3, -0.25) is 0 Å². The number of aromatic nitrogens is 3. The maximum atomic E-state index is 5.98. The molecule has 2 unspecified atom stereocenters. The van der Waals surface area contributed by atoms with E-state index in [0.29, 0.717) is 38.1 Å². The van der Waals surface area contributed by atoms with Crippen LogP contribution in [0.3, 0.4) is 0 Å². The summed E-state index contributed by atoms with van der Waals surface area (Å²) in [4.78, 5) is 0. The van der Waals surface area contributed by atoms with Gasteiger partial charge >= 0.3 is 0 Å². The molecule has 0 fully saturated rings. The second-order valence-corrected chi connectivity index (χ2v) is 4.30. The molecule has 0 aliphatic heterocycles. The van der Waals surface area contributed by atoms with Crippen LogP contribution in [0.1, 0.15) is 37.7 Å². The van der Waals surface area contributed by atoms with Crippen molar-refractivity contribution in [1.29, 1.82) is 0 Å². The summed E-state index contributed by atoms with van der Waals surface area (Å²) in [5, 5.41) is 8.11. The lowest BCUT2D eigenvalue weighted by atomic mass is 10.3. The fourth-order valence-corrected chi connectivity index (χ4v) is 1.64. The molecular weight excluding hydrogens is 264 g/mol. The Morgan fingerprint density at radius 3 is 1.65 bits per heavy atom. The molecule has 1 aromatic heterocycles. The smallest absolute Gasteiger partial charge is 0.180 e. The van der Waals surface area contributed by atoms with E-state index in [1.165, 1.54) is 4.68 Å². The van der Waals surface area contributed by atoms with E-state index < -0.39 is 0 Å². The van der Waals surface area contributed by atoms with Crippen LogP contribution >= 0.6 is 0 Å². The van der Waals surface area contributed by atoms with Crippen LogP contribution in [0.15, 0.2) is 0 Å². The minimum absolute atomic E-state index is 0.262. The minimum atomic E-state index is -0.262. The van der Waals surface area contributed by atoms with Crippen molar-refractivity contribution in [1.82, 2.24) is 14.9 Å². The Labute approximate surface area is 119 Å². The SMILES string of the molecule is COCCOC(C)c1nnc(C(C)OCCOC)n1N. The molecule has 1 aromatic rings. The van der Waals surface area contributed by atoms with Crippen molar-refractivity contribution >= 4 is 0 Å². The summed E-state index contributed by atoms with van der Waals surface area (Å²) in [5.74, 6) is 7.09. The van der Waals surface area contributed by atoms with E-state index in [2.05, 4.69) is 10.2 Å². The molecule has 2 N–H and O–H groups in total. The van der Waals surface area contributed by atoms with E-state index in [9.17, 15) is 0 Å². The summed E-state index contributed by atoms with van der Waals surface area (Å²) in [6, 6.07) is 0. The summed E-state index contributed by atoms with van der Waals surface area (Å²) in [6.45, 7) is 5.71. The Balaban J connectivity index is 2.58. The Morgan fingerprint density at radius 2 is 1.30 bits per heavy atom. The number of nitrogen functional groups attached to an aromatic ring is 1. The molecule has 1 heterocycles. The third-order valence-corrected chi connectivity index (χ3v) is 2.79. The van der Waals surface area contributed by atoms with Crippen LogP contribution in [0.25, 0.3) is 0 Å². The lowest BCUT2D eigenvalue weighted by Crippen LogP contribution is -2.22. The topological polar surface area (TPSA) is 93.6 Å². The first kappa shape index (κ1) is 16.8. The first-order chi connectivity index (χ1) is 9.61. The normalized spacial score (nSPS) is 14.4. The van der Waals surface area contributed by atoms with E-state index in [-0.39, 0.29) is 12.2 Å². The highest BCUT2D eigenvalue weighted by Crippen LogP contribution is 2.18. The summed E-state index contributed by atoms with van der Waals surface area (Å²) < 4.78 is 22.4. The number of nitrogens with zero attached hydrogens (tertiary/aromatic N) is 3. The van der Waals surface area contributed by atoms with Crippen molar-refractivity contribution in [3.63, 3.8) is 0 Å². The number of rotatable bonds is 10.